The third-order valence-corrected chi connectivity index (χ3v) is 10.7. The summed E-state index contributed by atoms with van der Waals surface area (Å²) < 4.78 is 41.8. The number of aliphatic hydroxyl groups excluding tert-OH is 2. The molecule has 5 rings (SSSR count). The highest BCUT2D eigenvalue weighted by atomic mass is 32.2. The van der Waals surface area contributed by atoms with Crippen molar-refractivity contribution in [3.63, 3.8) is 0 Å². The van der Waals surface area contributed by atoms with E-state index >= 15 is 0 Å². The molecule has 11 heteroatoms. The average molecular weight is 691 g/mol. The number of rotatable bonds is 15. The number of sulfonamides is 1. The lowest BCUT2D eigenvalue weighted by molar-refractivity contribution is -0.245. The number of carbonyl (C=O) groups is 1. The zero-order valence-corrected chi connectivity index (χ0v) is 28.5. The fourth-order valence-corrected chi connectivity index (χ4v) is 7.39. The van der Waals surface area contributed by atoms with E-state index in [4.69, 9.17) is 9.47 Å². The summed E-state index contributed by atoms with van der Waals surface area (Å²) in [7, 11) is -3.95. The zero-order valence-electron chi connectivity index (χ0n) is 26.8. The number of aliphatic hydroxyl groups is 2. The molecule has 9 nitrogen and oxygen atoms in total. The SMILES string of the molecule is Cc1ccc(S(=O)(=O)N[C@H](Cc2ccccc2)C(=O)NCc2ccc([C@@H]3O[C@H](CSCCO)C[C@H](c4ccc(CO)cc4)O3)cc2)cc1. The van der Waals surface area contributed by atoms with Crippen LogP contribution in [0.3, 0.4) is 0 Å². The second kappa shape index (κ2) is 17.2. The summed E-state index contributed by atoms with van der Waals surface area (Å²) in [5.41, 5.74) is 5.25. The first kappa shape index (κ1) is 35.7. The lowest BCUT2D eigenvalue weighted by atomic mass is 10.0. The first-order valence-electron chi connectivity index (χ1n) is 15.9. The lowest BCUT2D eigenvalue weighted by Gasteiger charge is -2.36. The van der Waals surface area contributed by atoms with Gasteiger partial charge >= 0.3 is 0 Å². The third-order valence-electron chi connectivity index (χ3n) is 8.10. The number of aryl methyl sites for hydroxylation is 1. The Kier molecular flexibility index (Phi) is 12.8. The topological polar surface area (TPSA) is 134 Å². The summed E-state index contributed by atoms with van der Waals surface area (Å²) in [6, 6.07) is 30.1. The van der Waals surface area contributed by atoms with Crippen molar-refractivity contribution in [3.05, 3.63) is 137 Å². The molecule has 4 atom stereocenters. The smallest absolute Gasteiger partial charge is 0.241 e. The Morgan fingerprint density at radius 1 is 0.854 bits per heavy atom. The van der Waals surface area contributed by atoms with Crippen LogP contribution in [0.1, 0.15) is 52.2 Å². The van der Waals surface area contributed by atoms with Crippen molar-refractivity contribution in [2.75, 3.05) is 18.1 Å². The molecule has 1 heterocycles. The predicted molar refractivity (Wildman–Crippen MR) is 187 cm³/mol. The Morgan fingerprint density at radius 2 is 1.52 bits per heavy atom. The maximum Gasteiger partial charge on any atom is 0.241 e. The van der Waals surface area contributed by atoms with E-state index in [1.807, 2.05) is 85.8 Å². The van der Waals surface area contributed by atoms with Gasteiger partial charge in [0.15, 0.2) is 6.29 Å². The lowest BCUT2D eigenvalue weighted by Crippen LogP contribution is -2.47. The van der Waals surface area contributed by atoms with Crippen LogP contribution in [-0.4, -0.2) is 54.8 Å². The Bertz CT molecular complexity index is 1700. The molecular formula is C37H42N2O7S2. The van der Waals surface area contributed by atoms with Crippen LogP contribution in [-0.2, 0) is 43.9 Å². The van der Waals surface area contributed by atoms with Gasteiger partial charge in [0, 0.05) is 30.0 Å². The molecule has 1 amide bonds. The fourth-order valence-electron chi connectivity index (χ4n) is 5.42. The van der Waals surface area contributed by atoms with Crippen molar-refractivity contribution in [2.45, 2.75) is 62.4 Å². The molecule has 0 aromatic heterocycles. The van der Waals surface area contributed by atoms with Crippen LogP contribution in [0.4, 0.5) is 0 Å². The second-order valence-electron chi connectivity index (χ2n) is 11.8. The van der Waals surface area contributed by atoms with Crippen LogP contribution >= 0.6 is 11.8 Å². The molecule has 1 saturated heterocycles. The van der Waals surface area contributed by atoms with Gasteiger partial charge in [0.25, 0.3) is 0 Å². The van der Waals surface area contributed by atoms with Crippen molar-refractivity contribution in [2.24, 2.45) is 0 Å². The number of ether oxygens (including phenoxy) is 2. The highest BCUT2D eigenvalue weighted by molar-refractivity contribution is 7.99. The van der Waals surface area contributed by atoms with Gasteiger partial charge in [0.1, 0.15) is 6.04 Å². The summed E-state index contributed by atoms with van der Waals surface area (Å²) in [5.74, 6) is 0.908. The molecule has 0 unspecified atom stereocenters. The Hall–Kier alpha value is -3.55. The van der Waals surface area contributed by atoms with Gasteiger partial charge in [0.2, 0.25) is 15.9 Å². The van der Waals surface area contributed by atoms with E-state index in [0.717, 1.165) is 33.4 Å². The van der Waals surface area contributed by atoms with Gasteiger partial charge in [-0.05, 0) is 47.7 Å². The molecule has 1 fully saturated rings. The van der Waals surface area contributed by atoms with Crippen LogP contribution in [0.25, 0.3) is 0 Å². The monoisotopic (exact) mass is 690 g/mol. The Morgan fingerprint density at radius 3 is 2.19 bits per heavy atom. The van der Waals surface area contributed by atoms with E-state index in [1.54, 1.807) is 23.9 Å². The Labute approximate surface area is 286 Å². The van der Waals surface area contributed by atoms with Crippen molar-refractivity contribution >= 4 is 27.7 Å². The van der Waals surface area contributed by atoms with Crippen molar-refractivity contribution in [1.29, 1.82) is 0 Å². The number of hydrogen-bond acceptors (Lipinski definition) is 8. The van der Waals surface area contributed by atoms with Gasteiger partial charge in [-0.2, -0.15) is 16.5 Å². The molecule has 0 saturated carbocycles. The molecule has 0 spiro atoms. The standard InChI is InChI=1S/C37H42N2O7S2/c1-26-7-17-33(18-8-26)48(43,44)39-34(21-27-5-3-2-4-6-27)36(42)38-23-28-9-15-31(16-10-28)37-45-32(25-47-20-19-40)22-35(46-37)30-13-11-29(24-41)12-14-30/h2-18,32,34-35,37,39-41H,19-25H2,1H3,(H,38,42)/t32-,34+,35+,37+/m0/s1. The van der Waals surface area contributed by atoms with Gasteiger partial charge in [-0.25, -0.2) is 8.42 Å². The largest absolute Gasteiger partial charge is 0.396 e. The summed E-state index contributed by atoms with van der Waals surface area (Å²) >= 11 is 1.63. The maximum absolute atomic E-state index is 13.4. The summed E-state index contributed by atoms with van der Waals surface area (Å²) in [6.45, 7) is 2.15. The van der Waals surface area contributed by atoms with Crippen LogP contribution in [0, 0.1) is 6.92 Å². The van der Waals surface area contributed by atoms with Crippen LogP contribution < -0.4 is 10.0 Å². The van der Waals surface area contributed by atoms with Gasteiger partial charge in [-0.3, -0.25) is 4.79 Å². The van der Waals surface area contributed by atoms with Crippen LogP contribution in [0.2, 0.25) is 0 Å². The quantitative estimate of drug-likeness (QED) is 0.129. The van der Waals surface area contributed by atoms with E-state index in [-0.39, 0.29) is 43.3 Å². The summed E-state index contributed by atoms with van der Waals surface area (Å²) in [5, 5.41) is 21.6. The van der Waals surface area contributed by atoms with Crippen LogP contribution in [0.15, 0.2) is 108 Å². The third kappa shape index (κ3) is 9.99. The number of benzene rings is 4. The molecule has 254 valence electrons. The highest BCUT2D eigenvalue weighted by Gasteiger charge is 2.32. The van der Waals surface area contributed by atoms with E-state index in [1.165, 1.54) is 12.1 Å². The molecular weight excluding hydrogens is 649 g/mol. The average Bonchev–Trinajstić information content (AvgIpc) is 3.11. The molecule has 0 bridgehead atoms. The normalized spacial score (nSPS) is 18.7. The summed E-state index contributed by atoms with van der Waals surface area (Å²) in [4.78, 5) is 13.5. The molecule has 4 N–H and O–H groups in total. The van der Waals surface area contributed by atoms with Gasteiger partial charge in [-0.1, -0.05) is 96.6 Å². The molecule has 0 aliphatic carbocycles. The Balaban J connectivity index is 1.26. The minimum Gasteiger partial charge on any atom is -0.396 e. The van der Waals surface area contributed by atoms with Gasteiger partial charge in [0.05, 0.1) is 30.3 Å². The summed E-state index contributed by atoms with van der Waals surface area (Å²) in [6.07, 6.45) is -0.0622. The molecule has 1 aliphatic rings. The van der Waals surface area contributed by atoms with Crippen molar-refractivity contribution < 1.29 is 32.9 Å². The first-order chi connectivity index (χ1) is 23.2. The predicted octanol–water partition coefficient (Wildman–Crippen LogP) is 4.96. The maximum atomic E-state index is 13.4. The minimum atomic E-state index is -3.95. The molecule has 0 radical (unpaired) electrons. The van der Waals surface area contributed by atoms with Crippen LogP contribution in [0.5, 0.6) is 0 Å². The number of carbonyl (C=O) groups excluding carboxylic acids is 1. The molecule has 1 aliphatic heterocycles. The van der Waals surface area contributed by atoms with Gasteiger partial charge < -0.3 is 25.0 Å². The molecule has 48 heavy (non-hydrogen) atoms. The highest BCUT2D eigenvalue weighted by Crippen LogP contribution is 2.38. The number of amides is 1. The minimum absolute atomic E-state index is 0.0263. The fraction of sp³-hybridized carbons (Fsp3) is 0.324. The second-order valence-corrected chi connectivity index (χ2v) is 14.6. The van der Waals surface area contributed by atoms with E-state index in [9.17, 15) is 23.4 Å². The molecule has 4 aromatic rings. The number of thioether (sulfide) groups is 1. The zero-order chi connectivity index (χ0) is 33.9. The number of hydrogen-bond donors (Lipinski definition) is 4. The number of nitrogens with one attached hydrogen (secondary N) is 2. The molecule has 4 aromatic carbocycles. The van der Waals surface area contributed by atoms with E-state index in [2.05, 4.69) is 10.0 Å². The van der Waals surface area contributed by atoms with E-state index in [0.29, 0.717) is 17.9 Å². The van der Waals surface area contributed by atoms with Crippen molar-refractivity contribution in [3.8, 4) is 0 Å². The first-order valence-corrected chi connectivity index (χ1v) is 18.6. The van der Waals surface area contributed by atoms with Gasteiger partial charge in [-0.15, -0.1) is 0 Å². The van der Waals surface area contributed by atoms with Crippen molar-refractivity contribution in [1.82, 2.24) is 10.0 Å². The van der Waals surface area contributed by atoms with E-state index < -0.39 is 28.3 Å².